The summed E-state index contributed by atoms with van der Waals surface area (Å²) in [7, 11) is 1.71. The smallest absolute Gasteiger partial charge is 0.0915 e. The van der Waals surface area contributed by atoms with Gasteiger partial charge in [0.25, 0.3) is 0 Å². The highest BCUT2D eigenvalue weighted by Gasteiger charge is 2.32. The largest absolute Gasteiger partial charge is 0.396 e. The van der Waals surface area contributed by atoms with Gasteiger partial charge in [-0.05, 0) is 32.1 Å². The highest BCUT2D eigenvalue weighted by atomic mass is 16.5. The Bertz CT molecular complexity index is 125. The fourth-order valence-corrected chi connectivity index (χ4v) is 1.96. The van der Waals surface area contributed by atoms with Crippen LogP contribution < -0.4 is 0 Å². The summed E-state index contributed by atoms with van der Waals surface area (Å²) in [4.78, 5) is 0. The van der Waals surface area contributed by atoms with Crippen LogP contribution in [0.5, 0.6) is 0 Å². The lowest BCUT2D eigenvalue weighted by molar-refractivity contribution is -0.121. The van der Waals surface area contributed by atoms with Gasteiger partial charge >= 0.3 is 0 Å². The van der Waals surface area contributed by atoms with Crippen LogP contribution in [0.15, 0.2) is 0 Å². The summed E-state index contributed by atoms with van der Waals surface area (Å²) >= 11 is 0. The average molecular weight is 188 g/mol. The average Bonchev–Trinajstić information content (AvgIpc) is 2.17. The van der Waals surface area contributed by atoms with Gasteiger partial charge in [-0.15, -0.1) is 0 Å². The van der Waals surface area contributed by atoms with E-state index in [-0.39, 0.29) is 12.2 Å². The van der Waals surface area contributed by atoms with Gasteiger partial charge in [0.05, 0.1) is 12.2 Å². The van der Waals surface area contributed by atoms with Gasteiger partial charge in [-0.25, -0.2) is 0 Å². The van der Waals surface area contributed by atoms with Crippen molar-refractivity contribution >= 4 is 0 Å². The molecule has 0 radical (unpaired) electrons. The van der Waals surface area contributed by atoms with Crippen molar-refractivity contribution < 1.29 is 14.6 Å². The Labute approximate surface area is 80.0 Å². The Hall–Kier alpha value is -0.120. The number of methoxy groups -OCH3 is 1. The van der Waals surface area contributed by atoms with Gasteiger partial charge in [0.2, 0.25) is 0 Å². The second kappa shape index (κ2) is 5.58. The molecule has 3 nitrogen and oxygen atoms in total. The maximum absolute atomic E-state index is 8.78. The van der Waals surface area contributed by atoms with Gasteiger partial charge in [-0.2, -0.15) is 0 Å². The Kier molecular flexibility index (Phi) is 4.70. The molecule has 1 aliphatic rings. The van der Waals surface area contributed by atoms with E-state index in [0.717, 1.165) is 32.3 Å². The fraction of sp³-hybridized carbons (Fsp3) is 1.00. The molecule has 1 fully saturated rings. The zero-order valence-electron chi connectivity index (χ0n) is 8.42. The summed E-state index contributed by atoms with van der Waals surface area (Å²) in [6.07, 6.45) is 5.17. The van der Waals surface area contributed by atoms with Crippen LogP contribution in [0, 0.1) is 0 Å². The van der Waals surface area contributed by atoms with Crippen molar-refractivity contribution in [1.82, 2.24) is 0 Å². The molecule has 0 aliphatic carbocycles. The number of ether oxygens (including phenoxy) is 2. The van der Waals surface area contributed by atoms with Crippen molar-refractivity contribution in [2.24, 2.45) is 0 Å². The number of hydrogen-bond donors (Lipinski definition) is 1. The highest BCUT2D eigenvalue weighted by molar-refractivity contribution is 4.83. The first-order valence-corrected chi connectivity index (χ1v) is 5.07. The quantitative estimate of drug-likeness (QED) is 0.707. The lowest BCUT2D eigenvalue weighted by Crippen LogP contribution is -2.40. The zero-order valence-corrected chi connectivity index (χ0v) is 8.42. The third-order valence-electron chi connectivity index (χ3n) is 2.63. The first-order chi connectivity index (χ1) is 6.33. The van der Waals surface area contributed by atoms with E-state index in [2.05, 4.69) is 0 Å². The van der Waals surface area contributed by atoms with Crippen LogP contribution in [-0.2, 0) is 9.47 Å². The predicted octanol–water partition coefficient (Wildman–Crippen LogP) is 1.34. The molecule has 0 amide bonds. The summed E-state index contributed by atoms with van der Waals surface area (Å²) in [5, 5.41) is 8.78. The molecule has 0 aromatic heterocycles. The Balaban J connectivity index is 2.40. The summed E-state index contributed by atoms with van der Waals surface area (Å²) in [6.45, 7) is 1.75. The predicted molar refractivity (Wildman–Crippen MR) is 50.7 cm³/mol. The first kappa shape index (κ1) is 11.0. The van der Waals surface area contributed by atoms with E-state index in [1.807, 2.05) is 0 Å². The zero-order chi connectivity index (χ0) is 9.57. The number of hydrogen-bond acceptors (Lipinski definition) is 3. The minimum Gasteiger partial charge on any atom is -0.396 e. The summed E-state index contributed by atoms with van der Waals surface area (Å²) in [5.74, 6) is 0. The van der Waals surface area contributed by atoms with Crippen molar-refractivity contribution in [3.05, 3.63) is 0 Å². The third-order valence-corrected chi connectivity index (χ3v) is 2.63. The van der Waals surface area contributed by atoms with Crippen molar-refractivity contribution in [1.29, 1.82) is 0 Å². The monoisotopic (exact) mass is 188 g/mol. The summed E-state index contributed by atoms with van der Waals surface area (Å²) < 4.78 is 10.9. The molecule has 0 saturated carbocycles. The molecule has 3 heteroatoms. The Morgan fingerprint density at radius 3 is 2.85 bits per heavy atom. The fourth-order valence-electron chi connectivity index (χ4n) is 1.96. The van der Waals surface area contributed by atoms with E-state index in [1.54, 1.807) is 7.11 Å². The lowest BCUT2D eigenvalue weighted by atomic mass is 9.90. The first-order valence-electron chi connectivity index (χ1n) is 5.07. The topological polar surface area (TPSA) is 38.7 Å². The van der Waals surface area contributed by atoms with Crippen LogP contribution in [0.3, 0.4) is 0 Å². The van der Waals surface area contributed by atoms with Crippen LogP contribution in [0.1, 0.15) is 32.1 Å². The molecule has 1 atom stereocenters. The molecule has 0 bridgehead atoms. The molecule has 13 heavy (non-hydrogen) atoms. The van der Waals surface area contributed by atoms with Crippen molar-refractivity contribution in [2.45, 2.75) is 37.7 Å². The van der Waals surface area contributed by atoms with Gasteiger partial charge in [-0.1, -0.05) is 0 Å². The van der Waals surface area contributed by atoms with E-state index >= 15 is 0 Å². The number of rotatable bonds is 5. The van der Waals surface area contributed by atoms with Gasteiger partial charge in [0, 0.05) is 20.3 Å². The summed E-state index contributed by atoms with van der Waals surface area (Å²) in [6, 6.07) is 0. The molecular formula is C10H20O3. The molecule has 1 rings (SSSR count). The standard InChI is InChI=1S/C10H20O3/c1-12-9-10(6-4-7-11)5-2-3-8-13-10/h11H,2-9H2,1H3. The lowest BCUT2D eigenvalue weighted by Gasteiger charge is -2.36. The maximum atomic E-state index is 8.78. The van der Waals surface area contributed by atoms with Crippen LogP contribution >= 0.6 is 0 Å². The minimum absolute atomic E-state index is 0.101. The molecule has 78 valence electrons. The van der Waals surface area contributed by atoms with Crippen LogP contribution in [0.2, 0.25) is 0 Å². The molecule has 0 spiro atoms. The summed E-state index contributed by atoms with van der Waals surface area (Å²) in [5.41, 5.74) is -0.101. The second-order valence-corrected chi connectivity index (χ2v) is 3.75. The van der Waals surface area contributed by atoms with Crippen molar-refractivity contribution in [3.8, 4) is 0 Å². The molecule has 1 unspecified atom stereocenters. The normalized spacial score (nSPS) is 29.1. The van der Waals surface area contributed by atoms with Gasteiger partial charge in [0.15, 0.2) is 0 Å². The van der Waals surface area contributed by atoms with E-state index in [1.165, 1.54) is 6.42 Å². The van der Waals surface area contributed by atoms with E-state index in [0.29, 0.717) is 6.61 Å². The minimum atomic E-state index is -0.101. The molecular weight excluding hydrogens is 168 g/mol. The molecule has 0 aromatic rings. The third kappa shape index (κ3) is 3.25. The highest BCUT2D eigenvalue weighted by Crippen LogP contribution is 2.29. The van der Waals surface area contributed by atoms with Gasteiger partial charge < -0.3 is 14.6 Å². The van der Waals surface area contributed by atoms with Crippen molar-refractivity contribution in [3.63, 3.8) is 0 Å². The van der Waals surface area contributed by atoms with Gasteiger partial charge in [0.1, 0.15) is 0 Å². The number of aliphatic hydroxyl groups is 1. The van der Waals surface area contributed by atoms with Crippen LogP contribution in [0.4, 0.5) is 0 Å². The maximum Gasteiger partial charge on any atom is 0.0915 e. The molecule has 1 saturated heterocycles. The molecule has 1 heterocycles. The van der Waals surface area contributed by atoms with E-state index < -0.39 is 0 Å². The van der Waals surface area contributed by atoms with Crippen LogP contribution in [0.25, 0.3) is 0 Å². The van der Waals surface area contributed by atoms with Crippen LogP contribution in [-0.4, -0.2) is 37.6 Å². The van der Waals surface area contributed by atoms with Crippen molar-refractivity contribution in [2.75, 3.05) is 26.9 Å². The van der Waals surface area contributed by atoms with E-state index in [9.17, 15) is 0 Å². The van der Waals surface area contributed by atoms with Gasteiger partial charge in [-0.3, -0.25) is 0 Å². The van der Waals surface area contributed by atoms with E-state index in [4.69, 9.17) is 14.6 Å². The SMILES string of the molecule is COCC1(CCCO)CCCCO1. The Morgan fingerprint density at radius 1 is 1.46 bits per heavy atom. The molecule has 1 aliphatic heterocycles. The second-order valence-electron chi connectivity index (χ2n) is 3.75. The Morgan fingerprint density at radius 2 is 2.31 bits per heavy atom. The molecule has 1 N–H and O–H groups in total. The molecule has 0 aromatic carbocycles. The number of aliphatic hydroxyl groups excluding tert-OH is 1.